The third kappa shape index (κ3) is 3.05. The average Bonchev–Trinajstić information content (AvgIpc) is 3.01. The van der Waals surface area contributed by atoms with Gasteiger partial charge in [-0.1, -0.05) is 18.2 Å². The lowest BCUT2D eigenvalue weighted by Crippen LogP contribution is -2.22. The molecule has 5 nitrogen and oxygen atoms in total. The zero-order chi connectivity index (χ0) is 18.3. The number of benzene rings is 2. The molecule has 6 heteroatoms. The molecule has 0 radical (unpaired) electrons. The highest BCUT2D eigenvalue weighted by molar-refractivity contribution is 7.99. The highest BCUT2D eigenvalue weighted by Gasteiger charge is 2.24. The normalized spacial score (nSPS) is 16.3. The second kappa shape index (κ2) is 6.68. The van der Waals surface area contributed by atoms with E-state index >= 15 is 0 Å². The summed E-state index contributed by atoms with van der Waals surface area (Å²) in [5, 5.41) is 0. The van der Waals surface area contributed by atoms with Crippen molar-refractivity contribution < 1.29 is 9.53 Å². The quantitative estimate of drug-likeness (QED) is 0.754. The third-order valence-electron chi connectivity index (χ3n) is 4.50. The monoisotopic (exact) mass is 367 g/mol. The number of H-pyrrole nitrogens is 1. The Morgan fingerprint density at radius 2 is 2.12 bits per heavy atom. The van der Waals surface area contributed by atoms with Crippen molar-refractivity contribution in [2.45, 2.75) is 24.3 Å². The van der Waals surface area contributed by atoms with Crippen LogP contribution in [0.4, 0.5) is 0 Å². The van der Waals surface area contributed by atoms with Crippen LogP contribution in [0.2, 0.25) is 0 Å². The minimum absolute atomic E-state index is 0.0302. The number of nitrogens with one attached hydrogen (secondary N) is 1. The van der Waals surface area contributed by atoms with E-state index in [9.17, 15) is 4.79 Å². The zero-order valence-corrected chi connectivity index (χ0v) is 15.9. The van der Waals surface area contributed by atoms with E-state index in [0.717, 1.165) is 29.0 Å². The fraction of sp³-hybridized carbons (Fsp3) is 0.300. The summed E-state index contributed by atoms with van der Waals surface area (Å²) in [6.45, 7) is 1.91. The molecule has 1 amide bonds. The van der Waals surface area contributed by atoms with Crippen LogP contribution in [0, 0.1) is 6.92 Å². The summed E-state index contributed by atoms with van der Waals surface area (Å²) in [5.74, 6) is 2.42. The van der Waals surface area contributed by atoms with Crippen LogP contribution in [-0.4, -0.2) is 40.6 Å². The minimum Gasteiger partial charge on any atom is -0.483 e. The van der Waals surface area contributed by atoms with E-state index in [-0.39, 0.29) is 12.0 Å². The van der Waals surface area contributed by atoms with Gasteiger partial charge in [0.05, 0.1) is 5.52 Å². The van der Waals surface area contributed by atoms with Crippen LogP contribution in [-0.2, 0) is 0 Å². The molecule has 0 fully saturated rings. The van der Waals surface area contributed by atoms with E-state index in [0.29, 0.717) is 11.3 Å². The molecule has 26 heavy (non-hydrogen) atoms. The molecular weight excluding hydrogens is 346 g/mol. The Balaban J connectivity index is 1.77. The molecule has 1 aliphatic heterocycles. The number of carbonyl (C=O) groups excluding carboxylic acids is 1. The summed E-state index contributed by atoms with van der Waals surface area (Å²) < 4.78 is 6.41. The number of hydrogen-bond donors (Lipinski definition) is 1. The molecule has 0 bridgehead atoms. The minimum atomic E-state index is -0.0522. The van der Waals surface area contributed by atoms with Crippen LogP contribution < -0.4 is 4.74 Å². The molecule has 1 aromatic heterocycles. The van der Waals surface area contributed by atoms with E-state index in [1.54, 1.807) is 19.0 Å². The summed E-state index contributed by atoms with van der Waals surface area (Å²) in [5.41, 5.74) is 3.39. The first-order valence-corrected chi connectivity index (χ1v) is 9.62. The van der Waals surface area contributed by atoms with Gasteiger partial charge < -0.3 is 14.6 Å². The van der Waals surface area contributed by atoms with Gasteiger partial charge in [0.25, 0.3) is 5.91 Å². The molecule has 0 saturated heterocycles. The Labute approximate surface area is 156 Å². The number of aryl methyl sites for hydroxylation is 1. The molecular formula is C20H21N3O2S. The highest BCUT2D eigenvalue weighted by Crippen LogP contribution is 2.40. The molecule has 1 N–H and O–H groups in total. The Kier molecular flexibility index (Phi) is 4.36. The molecule has 2 aromatic carbocycles. The number of carbonyl (C=O) groups is 1. The number of amides is 1. The van der Waals surface area contributed by atoms with Gasteiger partial charge in [-0.25, -0.2) is 4.98 Å². The maximum absolute atomic E-state index is 12.5. The van der Waals surface area contributed by atoms with Gasteiger partial charge in [-0.15, -0.1) is 11.8 Å². The van der Waals surface area contributed by atoms with Gasteiger partial charge in [0.1, 0.15) is 23.2 Å². The number of fused-ring (bicyclic) bond motifs is 2. The van der Waals surface area contributed by atoms with Crippen LogP contribution in [0.15, 0.2) is 41.3 Å². The summed E-state index contributed by atoms with van der Waals surface area (Å²) in [6, 6.07) is 12.0. The van der Waals surface area contributed by atoms with Gasteiger partial charge in [-0.2, -0.15) is 0 Å². The van der Waals surface area contributed by atoms with Crippen molar-refractivity contribution in [3.05, 3.63) is 53.3 Å². The number of imidazole rings is 1. The Morgan fingerprint density at radius 1 is 1.31 bits per heavy atom. The fourth-order valence-corrected chi connectivity index (χ4v) is 4.36. The maximum Gasteiger partial charge on any atom is 0.253 e. The molecule has 1 aliphatic rings. The van der Waals surface area contributed by atoms with E-state index in [2.05, 4.69) is 28.2 Å². The first kappa shape index (κ1) is 17.0. The predicted octanol–water partition coefficient (Wildman–Crippen LogP) is 4.19. The SMILES string of the molecule is Cc1nc2c(OC3CCSc4ccccc43)cc(C(=O)N(C)C)cc2[nH]1. The summed E-state index contributed by atoms with van der Waals surface area (Å²) in [7, 11) is 3.50. The molecule has 1 atom stereocenters. The first-order chi connectivity index (χ1) is 12.5. The number of ether oxygens (including phenoxy) is 1. The van der Waals surface area contributed by atoms with Crippen molar-refractivity contribution in [1.29, 1.82) is 0 Å². The van der Waals surface area contributed by atoms with Crippen molar-refractivity contribution in [3.63, 3.8) is 0 Å². The second-order valence-corrected chi connectivity index (χ2v) is 7.81. The Bertz CT molecular complexity index is 980. The largest absolute Gasteiger partial charge is 0.483 e. The molecule has 1 unspecified atom stereocenters. The average molecular weight is 367 g/mol. The number of thioether (sulfide) groups is 1. The predicted molar refractivity (Wildman–Crippen MR) is 104 cm³/mol. The standard InChI is InChI=1S/C20H21N3O2S/c1-12-21-15-10-13(20(24)23(2)3)11-17(19(15)22-12)25-16-8-9-26-18-7-5-4-6-14(16)18/h4-7,10-11,16H,8-9H2,1-3H3,(H,21,22). The highest BCUT2D eigenvalue weighted by atomic mass is 32.2. The molecule has 4 rings (SSSR count). The van der Waals surface area contributed by atoms with Crippen molar-refractivity contribution in [1.82, 2.24) is 14.9 Å². The van der Waals surface area contributed by atoms with Gasteiger partial charge in [0.2, 0.25) is 0 Å². The lowest BCUT2D eigenvalue weighted by Gasteiger charge is -2.26. The van der Waals surface area contributed by atoms with Crippen LogP contribution in [0.25, 0.3) is 11.0 Å². The van der Waals surface area contributed by atoms with Crippen molar-refractivity contribution in [3.8, 4) is 5.75 Å². The van der Waals surface area contributed by atoms with E-state index < -0.39 is 0 Å². The van der Waals surface area contributed by atoms with Crippen LogP contribution in [0.5, 0.6) is 5.75 Å². The third-order valence-corrected chi connectivity index (χ3v) is 5.62. The van der Waals surface area contributed by atoms with E-state index in [1.807, 2.05) is 36.9 Å². The molecule has 0 saturated carbocycles. The number of aromatic amines is 1. The molecule has 0 aliphatic carbocycles. The Hall–Kier alpha value is -2.47. The van der Waals surface area contributed by atoms with Gasteiger partial charge in [-0.3, -0.25) is 4.79 Å². The molecule has 0 spiro atoms. The topological polar surface area (TPSA) is 58.2 Å². The molecule has 134 valence electrons. The second-order valence-electron chi connectivity index (χ2n) is 6.67. The summed E-state index contributed by atoms with van der Waals surface area (Å²) in [4.78, 5) is 23.1. The maximum atomic E-state index is 12.5. The summed E-state index contributed by atoms with van der Waals surface area (Å²) >= 11 is 1.86. The number of aromatic nitrogens is 2. The zero-order valence-electron chi connectivity index (χ0n) is 15.1. The summed E-state index contributed by atoms with van der Waals surface area (Å²) in [6.07, 6.45) is 0.899. The first-order valence-electron chi connectivity index (χ1n) is 8.63. The van der Waals surface area contributed by atoms with Crippen LogP contribution in [0.1, 0.15) is 34.3 Å². The van der Waals surface area contributed by atoms with Crippen molar-refractivity contribution in [2.24, 2.45) is 0 Å². The molecule has 2 heterocycles. The lowest BCUT2D eigenvalue weighted by molar-refractivity contribution is 0.0827. The van der Waals surface area contributed by atoms with Crippen LogP contribution >= 0.6 is 11.8 Å². The smallest absolute Gasteiger partial charge is 0.253 e. The number of rotatable bonds is 3. The van der Waals surface area contributed by atoms with Crippen molar-refractivity contribution >= 4 is 28.7 Å². The van der Waals surface area contributed by atoms with Gasteiger partial charge >= 0.3 is 0 Å². The number of hydrogen-bond acceptors (Lipinski definition) is 4. The molecule has 3 aromatic rings. The number of nitrogens with zero attached hydrogens (tertiary/aromatic N) is 2. The van der Waals surface area contributed by atoms with Gasteiger partial charge in [0.15, 0.2) is 0 Å². The lowest BCUT2D eigenvalue weighted by atomic mass is 10.1. The Morgan fingerprint density at radius 3 is 2.92 bits per heavy atom. The van der Waals surface area contributed by atoms with E-state index in [4.69, 9.17) is 4.74 Å². The van der Waals surface area contributed by atoms with Gasteiger partial charge in [-0.05, 0) is 31.5 Å². The fourth-order valence-electron chi connectivity index (χ4n) is 3.27. The van der Waals surface area contributed by atoms with Gasteiger partial charge in [0, 0.05) is 35.9 Å². The van der Waals surface area contributed by atoms with E-state index in [1.165, 1.54) is 10.5 Å². The van der Waals surface area contributed by atoms with Crippen LogP contribution in [0.3, 0.4) is 0 Å². The van der Waals surface area contributed by atoms with Crippen molar-refractivity contribution in [2.75, 3.05) is 19.8 Å².